The molecule has 0 aliphatic carbocycles. The molecule has 0 fully saturated rings. The van der Waals surface area contributed by atoms with E-state index in [1.165, 1.54) is 0 Å². The molecule has 0 saturated carbocycles. The number of aliphatic hydroxyl groups is 4. The van der Waals surface area contributed by atoms with Crippen LogP contribution in [0.5, 0.6) is 0 Å². The molecule has 0 saturated heterocycles. The van der Waals surface area contributed by atoms with Crippen LogP contribution in [0.3, 0.4) is 0 Å². The number of hydrogen-bond donors (Lipinski definition) is 4. The molecule has 0 amide bonds. The molecule has 0 aromatic heterocycles. The third-order valence-electron chi connectivity index (χ3n) is 3.78. The molecule has 0 aliphatic rings. The maximum Gasteiger partial charge on any atom is 0.103 e. The van der Waals surface area contributed by atoms with E-state index in [-0.39, 0.29) is 31.9 Å². The van der Waals surface area contributed by atoms with Gasteiger partial charge in [0.15, 0.2) is 0 Å². The summed E-state index contributed by atoms with van der Waals surface area (Å²) in [5.41, 5.74) is 0. The lowest BCUT2D eigenvalue weighted by molar-refractivity contribution is -0.929. The van der Waals surface area contributed by atoms with Crippen LogP contribution < -0.4 is 0 Å². The van der Waals surface area contributed by atoms with E-state index in [4.69, 9.17) is 39.4 Å². The minimum absolute atomic E-state index is 0. The van der Waals surface area contributed by atoms with Gasteiger partial charge in [-0.1, -0.05) is 0 Å². The maximum atomic E-state index is 8.84. The summed E-state index contributed by atoms with van der Waals surface area (Å²) in [6, 6.07) is 0. The van der Waals surface area contributed by atoms with Crippen molar-refractivity contribution >= 4 is 0 Å². The Balaban J connectivity index is 0. The Kier molecular flexibility index (Phi) is 22.4. The van der Waals surface area contributed by atoms with Crippen LogP contribution in [-0.2, 0) is 18.9 Å². The lowest BCUT2D eigenvalue weighted by Gasteiger charge is -2.38. The fraction of sp³-hybridized carbons (Fsp3) is 1.00. The molecule has 26 heavy (non-hydrogen) atoms. The summed E-state index contributed by atoms with van der Waals surface area (Å²) >= 11 is 0. The molecule has 0 radical (unpaired) electrons. The molecule has 0 atom stereocenters. The maximum absolute atomic E-state index is 8.84. The van der Waals surface area contributed by atoms with Gasteiger partial charge in [-0.3, -0.25) is 0 Å². The van der Waals surface area contributed by atoms with Crippen LogP contribution in [0.25, 0.3) is 0 Å². The van der Waals surface area contributed by atoms with E-state index in [0.717, 1.165) is 0 Å². The number of nitrogens with zero attached hydrogens (tertiary/aromatic N) is 1. The molecule has 0 bridgehead atoms. The number of ether oxygens (including phenoxy) is 4. The fourth-order valence-corrected chi connectivity index (χ4v) is 2.37. The second-order valence-electron chi connectivity index (χ2n) is 5.58. The van der Waals surface area contributed by atoms with Gasteiger partial charge >= 0.3 is 0 Å². The highest BCUT2D eigenvalue weighted by Gasteiger charge is 2.27. The minimum atomic E-state index is -0.0150. The van der Waals surface area contributed by atoms with Crippen LogP contribution in [0.15, 0.2) is 0 Å². The standard InChI is InChI=1S/C16H36NO8.H2O/c18-5-13-22-9-1-17(2-10-23-14-6-19,3-11-24-15-7-20)4-12-25-16-8-21;/h18-21H,1-16H2;1H2/q+1;/p-1. The molecule has 0 unspecified atom stereocenters. The van der Waals surface area contributed by atoms with E-state index >= 15 is 0 Å². The van der Waals surface area contributed by atoms with Gasteiger partial charge in [0, 0.05) is 0 Å². The molecule has 160 valence electrons. The first-order valence-corrected chi connectivity index (χ1v) is 8.84. The van der Waals surface area contributed by atoms with Crippen LogP contribution in [0.2, 0.25) is 0 Å². The molecule has 0 aromatic carbocycles. The SMILES string of the molecule is OCCOCC[N+](CCOCCO)(CCOCCO)CCOCCO.[OH-]. The van der Waals surface area contributed by atoms with Crippen molar-refractivity contribution in [3.8, 4) is 0 Å². The highest BCUT2D eigenvalue weighted by atomic mass is 16.5. The normalized spacial score (nSPS) is 11.5. The predicted octanol–water partition coefficient (Wildman–Crippen LogP) is -2.34. The zero-order valence-electron chi connectivity index (χ0n) is 15.6. The smallest absolute Gasteiger partial charge is 0.103 e. The topological polar surface area (TPSA) is 148 Å². The van der Waals surface area contributed by atoms with Gasteiger partial charge in [0.05, 0.1) is 79.3 Å². The average molecular weight is 387 g/mol. The van der Waals surface area contributed by atoms with Gasteiger partial charge in [-0.05, 0) is 0 Å². The van der Waals surface area contributed by atoms with E-state index in [1.54, 1.807) is 0 Å². The summed E-state index contributed by atoms with van der Waals surface area (Å²) in [5, 5.41) is 35.3. The zero-order valence-corrected chi connectivity index (χ0v) is 15.6. The van der Waals surface area contributed by atoms with Gasteiger partial charge in [-0.25, -0.2) is 0 Å². The third kappa shape index (κ3) is 15.8. The van der Waals surface area contributed by atoms with E-state index in [2.05, 4.69) is 0 Å². The van der Waals surface area contributed by atoms with Crippen molar-refractivity contribution in [1.82, 2.24) is 0 Å². The van der Waals surface area contributed by atoms with E-state index in [1.807, 2.05) is 0 Å². The second-order valence-corrected chi connectivity index (χ2v) is 5.58. The average Bonchev–Trinajstić information content (AvgIpc) is 2.63. The van der Waals surface area contributed by atoms with Gasteiger partial charge < -0.3 is 49.3 Å². The largest absolute Gasteiger partial charge is 0.870 e. The Labute approximate surface area is 155 Å². The Morgan fingerprint density at radius 2 is 0.654 bits per heavy atom. The lowest BCUT2D eigenvalue weighted by Crippen LogP contribution is -2.55. The third-order valence-corrected chi connectivity index (χ3v) is 3.78. The first kappa shape index (κ1) is 27.8. The zero-order chi connectivity index (χ0) is 18.6. The summed E-state index contributed by atoms with van der Waals surface area (Å²) in [6.45, 7) is 5.87. The summed E-state index contributed by atoms with van der Waals surface area (Å²) < 4.78 is 22.3. The number of hydrogen-bond acceptors (Lipinski definition) is 9. The summed E-state index contributed by atoms with van der Waals surface area (Å²) in [7, 11) is 0. The molecular weight excluding hydrogens is 350 g/mol. The van der Waals surface area contributed by atoms with Gasteiger partial charge in [-0.2, -0.15) is 0 Å². The number of aliphatic hydroxyl groups excluding tert-OH is 4. The van der Waals surface area contributed by atoms with Crippen LogP contribution in [0.4, 0.5) is 0 Å². The van der Waals surface area contributed by atoms with Gasteiger partial charge in [0.25, 0.3) is 0 Å². The van der Waals surface area contributed by atoms with Crippen molar-refractivity contribution in [2.45, 2.75) is 0 Å². The molecule has 10 heteroatoms. The van der Waals surface area contributed by atoms with Gasteiger partial charge in [-0.15, -0.1) is 0 Å². The fourth-order valence-electron chi connectivity index (χ4n) is 2.37. The highest BCUT2D eigenvalue weighted by molar-refractivity contribution is 4.48. The van der Waals surface area contributed by atoms with Crippen LogP contribution >= 0.6 is 0 Å². The molecule has 0 rings (SSSR count). The Morgan fingerprint density at radius 3 is 0.846 bits per heavy atom. The lowest BCUT2D eigenvalue weighted by atomic mass is 10.3. The molecule has 5 N–H and O–H groups in total. The molecule has 0 spiro atoms. The van der Waals surface area contributed by atoms with Crippen molar-refractivity contribution in [3.05, 3.63) is 0 Å². The molecule has 0 aromatic rings. The Morgan fingerprint density at radius 1 is 0.423 bits per heavy atom. The van der Waals surface area contributed by atoms with Gasteiger partial charge in [0.1, 0.15) is 26.2 Å². The number of quaternary nitrogens is 1. The van der Waals surface area contributed by atoms with Crippen molar-refractivity contribution in [2.24, 2.45) is 0 Å². The minimum Gasteiger partial charge on any atom is -0.870 e. The second kappa shape index (κ2) is 20.9. The Hall–Kier alpha value is -0.400. The van der Waals surface area contributed by atoms with Crippen molar-refractivity contribution in [2.75, 3.05) is 105 Å². The molecule has 0 heterocycles. The van der Waals surface area contributed by atoms with Crippen LogP contribution in [0, 0.1) is 0 Å². The van der Waals surface area contributed by atoms with Crippen molar-refractivity contribution in [1.29, 1.82) is 0 Å². The summed E-state index contributed by atoms with van der Waals surface area (Å²) in [5.74, 6) is 0. The van der Waals surface area contributed by atoms with Gasteiger partial charge in [0.2, 0.25) is 0 Å². The summed E-state index contributed by atoms with van der Waals surface area (Å²) in [4.78, 5) is 0. The van der Waals surface area contributed by atoms with Crippen LogP contribution in [-0.4, -0.2) is 136 Å². The molecular formula is C16H37NO9. The first-order chi connectivity index (χ1) is 12.2. The quantitative estimate of drug-likeness (QED) is 0.133. The van der Waals surface area contributed by atoms with E-state index < -0.39 is 0 Å². The van der Waals surface area contributed by atoms with Crippen molar-refractivity contribution in [3.63, 3.8) is 0 Å². The van der Waals surface area contributed by atoms with E-state index in [9.17, 15) is 0 Å². The summed E-state index contributed by atoms with van der Waals surface area (Å²) in [6.07, 6.45) is 0. The highest BCUT2D eigenvalue weighted by Crippen LogP contribution is 2.08. The molecule has 0 aliphatic heterocycles. The number of rotatable bonds is 20. The first-order valence-electron chi connectivity index (χ1n) is 8.84. The predicted molar refractivity (Wildman–Crippen MR) is 93.3 cm³/mol. The van der Waals surface area contributed by atoms with Crippen molar-refractivity contribution < 1.29 is 49.3 Å². The van der Waals surface area contributed by atoms with Crippen LogP contribution in [0.1, 0.15) is 0 Å². The Bertz CT molecular complexity index is 219. The monoisotopic (exact) mass is 387 g/mol. The molecule has 10 nitrogen and oxygen atoms in total. The van der Waals surface area contributed by atoms with E-state index in [0.29, 0.717) is 83.5 Å².